The van der Waals surface area contributed by atoms with Crippen molar-refractivity contribution in [2.75, 3.05) is 19.6 Å². The molecule has 0 aliphatic carbocycles. The molecule has 0 saturated carbocycles. The Balaban J connectivity index is 1.46. The topological polar surface area (TPSA) is 83.7 Å². The Kier molecular flexibility index (Phi) is 7.05. The number of aromatic nitrogens is 1. The standard InChI is InChI=1S/C25H33N3O4S/c1-18-7-9-21(10-8-18)11-12-23-24(20(3)26-32-23)33(30,31)27-16-13-22(14-17-27)25(29)28-15-5-4-6-19(28)2/h7-12,19,22H,4-6,13-17H2,1-3H3/b12-11+. The highest BCUT2D eigenvalue weighted by molar-refractivity contribution is 7.89. The lowest BCUT2D eigenvalue weighted by Crippen LogP contribution is -2.48. The molecular formula is C25H33N3O4S. The molecular weight excluding hydrogens is 438 g/mol. The van der Waals surface area contributed by atoms with E-state index >= 15 is 0 Å². The quantitative estimate of drug-likeness (QED) is 0.650. The maximum atomic E-state index is 13.5. The van der Waals surface area contributed by atoms with Crippen LogP contribution in [0.2, 0.25) is 0 Å². The van der Waals surface area contributed by atoms with Gasteiger partial charge in [0, 0.05) is 31.6 Å². The Morgan fingerprint density at radius 2 is 1.73 bits per heavy atom. The Bertz CT molecular complexity index is 1110. The SMILES string of the molecule is Cc1ccc(/C=C/c2onc(C)c2S(=O)(=O)N2CCC(C(=O)N3CCCCC3C)CC2)cc1. The minimum Gasteiger partial charge on any atom is -0.355 e. The number of aryl methyl sites for hydroxylation is 2. The summed E-state index contributed by atoms with van der Waals surface area (Å²) >= 11 is 0. The van der Waals surface area contributed by atoms with E-state index in [-0.39, 0.29) is 28.5 Å². The van der Waals surface area contributed by atoms with Crippen molar-refractivity contribution < 1.29 is 17.7 Å². The van der Waals surface area contributed by atoms with E-state index in [9.17, 15) is 13.2 Å². The van der Waals surface area contributed by atoms with Crippen molar-refractivity contribution in [3.63, 3.8) is 0 Å². The third-order valence-corrected chi connectivity index (χ3v) is 8.88. The molecule has 1 aromatic carbocycles. The van der Waals surface area contributed by atoms with Crippen LogP contribution in [0.25, 0.3) is 12.2 Å². The van der Waals surface area contributed by atoms with Crippen LogP contribution in [0.5, 0.6) is 0 Å². The number of amides is 1. The van der Waals surface area contributed by atoms with E-state index in [0.29, 0.717) is 31.6 Å². The number of carbonyl (C=O) groups is 1. The average Bonchev–Trinajstić information content (AvgIpc) is 3.20. The molecule has 1 aromatic heterocycles. The zero-order valence-electron chi connectivity index (χ0n) is 19.7. The molecule has 178 valence electrons. The number of piperidine rings is 2. The third kappa shape index (κ3) is 5.06. The molecule has 2 saturated heterocycles. The van der Waals surface area contributed by atoms with Crippen molar-refractivity contribution in [1.29, 1.82) is 0 Å². The minimum atomic E-state index is -3.77. The summed E-state index contributed by atoms with van der Waals surface area (Å²) in [7, 11) is -3.77. The van der Waals surface area contributed by atoms with E-state index in [2.05, 4.69) is 12.1 Å². The third-order valence-electron chi connectivity index (χ3n) is 6.82. The first kappa shape index (κ1) is 23.7. The van der Waals surface area contributed by atoms with Gasteiger partial charge in [-0.05, 0) is 64.5 Å². The van der Waals surface area contributed by atoms with Gasteiger partial charge in [0.25, 0.3) is 0 Å². The molecule has 33 heavy (non-hydrogen) atoms. The van der Waals surface area contributed by atoms with Gasteiger partial charge in [-0.1, -0.05) is 41.1 Å². The van der Waals surface area contributed by atoms with Crippen LogP contribution in [-0.2, 0) is 14.8 Å². The Labute approximate surface area is 196 Å². The number of likely N-dealkylation sites (tertiary alicyclic amines) is 1. The molecule has 2 aliphatic rings. The van der Waals surface area contributed by atoms with E-state index < -0.39 is 10.0 Å². The smallest absolute Gasteiger partial charge is 0.248 e. The number of hydrogen-bond donors (Lipinski definition) is 0. The molecule has 3 heterocycles. The summed E-state index contributed by atoms with van der Waals surface area (Å²) in [5.74, 6) is 0.303. The lowest BCUT2D eigenvalue weighted by Gasteiger charge is -2.38. The van der Waals surface area contributed by atoms with E-state index in [1.165, 1.54) is 10.7 Å². The maximum Gasteiger partial charge on any atom is 0.248 e. The van der Waals surface area contributed by atoms with Gasteiger partial charge in [-0.25, -0.2) is 8.42 Å². The minimum absolute atomic E-state index is 0.110. The molecule has 2 fully saturated rings. The van der Waals surface area contributed by atoms with Crippen LogP contribution in [-0.4, -0.2) is 54.4 Å². The zero-order chi connectivity index (χ0) is 23.6. The van der Waals surface area contributed by atoms with Gasteiger partial charge in [-0.2, -0.15) is 4.31 Å². The number of hydrogen-bond acceptors (Lipinski definition) is 5. The summed E-state index contributed by atoms with van der Waals surface area (Å²) in [6, 6.07) is 8.20. The molecule has 0 spiro atoms. The van der Waals surface area contributed by atoms with Crippen LogP contribution in [0.4, 0.5) is 0 Å². The Morgan fingerprint density at radius 3 is 2.39 bits per heavy atom. The van der Waals surface area contributed by atoms with Gasteiger partial charge in [0.05, 0.1) is 0 Å². The molecule has 0 N–H and O–H groups in total. The molecule has 1 amide bonds. The van der Waals surface area contributed by atoms with Crippen molar-refractivity contribution in [2.45, 2.75) is 63.8 Å². The second-order valence-corrected chi connectivity index (χ2v) is 11.1. The van der Waals surface area contributed by atoms with Crippen LogP contribution >= 0.6 is 0 Å². The number of nitrogens with zero attached hydrogens (tertiary/aromatic N) is 3. The lowest BCUT2D eigenvalue weighted by molar-refractivity contribution is -0.140. The van der Waals surface area contributed by atoms with E-state index in [0.717, 1.165) is 30.5 Å². The van der Waals surface area contributed by atoms with Crippen LogP contribution in [0, 0.1) is 19.8 Å². The van der Waals surface area contributed by atoms with E-state index in [4.69, 9.17) is 4.52 Å². The van der Waals surface area contributed by atoms with Crippen LogP contribution in [0.1, 0.15) is 61.6 Å². The number of rotatable bonds is 5. The fourth-order valence-corrected chi connectivity index (χ4v) is 6.50. The molecule has 1 unspecified atom stereocenters. The predicted molar refractivity (Wildman–Crippen MR) is 128 cm³/mol. The molecule has 0 bridgehead atoms. The fraction of sp³-hybridized carbons (Fsp3) is 0.520. The molecule has 0 radical (unpaired) electrons. The van der Waals surface area contributed by atoms with Crippen molar-refractivity contribution in [3.05, 3.63) is 46.8 Å². The highest BCUT2D eigenvalue weighted by Crippen LogP contribution is 2.30. The fourth-order valence-electron chi connectivity index (χ4n) is 4.78. The number of carbonyl (C=O) groups excluding carboxylic acids is 1. The van der Waals surface area contributed by atoms with Crippen LogP contribution in [0.15, 0.2) is 33.7 Å². The number of benzene rings is 1. The molecule has 4 rings (SSSR count). The van der Waals surface area contributed by atoms with Crippen LogP contribution in [0.3, 0.4) is 0 Å². The first-order valence-corrected chi connectivity index (χ1v) is 13.2. The summed E-state index contributed by atoms with van der Waals surface area (Å²) in [5.41, 5.74) is 2.45. The summed E-state index contributed by atoms with van der Waals surface area (Å²) < 4.78 is 33.8. The second-order valence-electron chi connectivity index (χ2n) is 9.26. The van der Waals surface area contributed by atoms with E-state index in [1.807, 2.05) is 42.2 Å². The first-order valence-electron chi connectivity index (χ1n) is 11.8. The molecule has 1 atom stereocenters. The highest BCUT2D eigenvalue weighted by atomic mass is 32.2. The van der Waals surface area contributed by atoms with Gasteiger partial charge < -0.3 is 9.42 Å². The van der Waals surface area contributed by atoms with Gasteiger partial charge in [-0.15, -0.1) is 0 Å². The normalized spacial score (nSPS) is 21.1. The average molecular weight is 472 g/mol. The van der Waals surface area contributed by atoms with Crippen LogP contribution < -0.4 is 0 Å². The van der Waals surface area contributed by atoms with E-state index in [1.54, 1.807) is 13.0 Å². The summed E-state index contributed by atoms with van der Waals surface area (Å²) in [5, 5.41) is 3.92. The van der Waals surface area contributed by atoms with Crippen molar-refractivity contribution in [1.82, 2.24) is 14.4 Å². The van der Waals surface area contributed by atoms with Gasteiger partial charge in [0.15, 0.2) is 10.7 Å². The summed E-state index contributed by atoms with van der Waals surface area (Å²) in [6.45, 7) is 7.24. The van der Waals surface area contributed by atoms with Gasteiger partial charge in [0.2, 0.25) is 15.9 Å². The maximum absolute atomic E-state index is 13.5. The predicted octanol–water partition coefficient (Wildman–Crippen LogP) is 4.26. The van der Waals surface area contributed by atoms with Gasteiger partial charge >= 0.3 is 0 Å². The largest absolute Gasteiger partial charge is 0.355 e. The first-order chi connectivity index (χ1) is 15.8. The monoisotopic (exact) mass is 471 g/mol. The molecule has 2 aliphatic heterocycles. The molecule has 8 heteroatoms. The van der Waals surface area contributed by atoms with Gasteiger partial charge in [-0.3, -0.25) is 4.79 Å². The van der Waals surface area contributed by atoms with Crippen molar-refractivity contribution >= 4 is 28.1 Å². The Morgan fingerprint density at radius 1 is 1.03 bits per heavy atom. The molecule has 2 aromatic rings. The highest BCUT2D eigenvalue weighted by Gasteiger charge is 2.37. The van der Waals surface area contributed by atoms with Crippen molar-refractivity contribution in [2.24, 2.45) is 5.92 Å². The Hall–Kier alpha value is -2.45. The van der Waals surface area contributed by atoms with Crippen molar-refractivity contribution in [3.8, 4) is 0 Å². The molecule has 7 nitrogen and oxygen atoms in total. The zero-order valence-corrected chi connectivity index (χ0v) is 20.5. The number of sulfonamides is 1. The summed E-state index contributed by atoms with van der Waals surface area (Å²) in [6.07, 6.45) is 7.83. The second kappa shape index (κ2) is 9.81. The summed E-state index contributed by atoms with van der Waals surface area (Å²) in [4.78, 5) is 15.1. The lowest BCUT2D eigenvalue weighted by atomic mass is 9.94. The van der Waals surface area contributed by atoms with Gasteiger partial charge in [0.1, 0.15) is 5.69 Å².